The van der Waals surface area contributed by atoms with Crippen molar-refractivity contribution in [2.24, 2.45) is 0 Å². The van der Waals surface area contributed by atoms with Crippen LogP contribution in [0.5, 0.6) is 5.75 Å². The van der Waals surface area contributed by atoms with Gasteiger partial charge in [0.25, 0.3) is 0 Å². The Morgan fingerprint density at radius 1 is 1.36 bits per heavy atom. The maximum atomic E-state index is 11.4. The zero-order valence-corrected chi connectivity index (χ0v) is 12.4. The number of nitrogens with one attached hydrogen (secondary N) is 2. The second-order valence-corrected chi connectivity index (χ2v) is 5.22. The van der Waals surface area contributed by atoms with E-state index in [1.165, 1.54) is 13.0 Å². The van der Waals surface area contributed by atoms with Gasteiger partial charge >= 0.3 is 5.97 Å². The van der Waals surface area contributed by atoms with E-state index in [9.17, 15) is 19.8 Å². The third kappa shape index (κ3) is 3.66. The third-order valence-corrected chi connectivity index (χ3v) is 3.29. The highest BCUT2D eigenvalue weighted by Crippen LogP contribution is 2.24. The van der Waals surface area contributed by atoms with Crippen LogP contribution in [0.25, 0.3) is 10.9 Å². The van der Waals surface area contributed by atoms with Gasteiger partial charge in [-0.1, -0.05) is 0 Å². The number of aromatic hydroxyl groups is 1. The van der Waals surface area contributed by atoms with Gasteiger partial charge in [0, 0.05) is 29.2 Å². The van der Waals surface area contributed by atoms with Crippen molar-refractivity contribution < 1.29 is 19.8 Å². The number of aromatic amines is 1. The van der Waals surface area contributed by atoms with Crippen LogP contribution in [-0.4, -0.2) is 33.0 Å². The summed E-state index contributed by atoms with van der Waals surface area (Å²) in [7, 11) is 0. The monoisotopic (exact) mass is 302 g/mol. The van der Waals surface area contributed by atoms with Crippen molar-refractivity contribution in [1.82, 2.24) is 10.3 Å². The molecule has 1 aromatic heterocycles. The van der Waals surface area contributed by atoms with Gasteiger partial charge in [0.05, 0.1) is 0 Å². The van der Waals surface area contributed by atoms with Gasteiger partial charge < -0.3 is 20.5 Å². The lowest BCUT2D eigenvalue weighted by Gasteiger charge is -2.15. The minimum atomic E-state index is -1.01. The maximum absolute atomic E-state index is 11.4. The molecule has 1 aromatic carbocycles. The third-order valence-electron chi connectivity index (χ3n) is 3.29. The fourth-order valence-corrected chi connectivity index (χ4v) is 2.38. The van der Waals surface area contributed by atoms with Gasteiger partial charge in [-0.15, -0.1) is 0 Å². The van der Waals surface area contributed by atoms with Gasteiger partial charge in [-0.2, -0.15) is 0 Å². The van der Waals surface area contributed by atoms with Crippen LogP contribution in [0.1, 0.15) is 19.4 Å². The van der Waals surface area contributed by atoms with Crippen LogP contribution in [0.2, 0.25) is 0 Å². The first-order chi connectivity index (χ1) is 10.4. The summed E-state index contributed by atoms with van der Waals surface area (Å²) in [5, 5.41) is 22.5. The average Bonchev–Trinajstić information content (AvgIpc) is 2.79. The van der Waals surface area contributed by atoms with E-state index in [0.29, 0.717) is 5.70 Å². The molecule has 0 fully saturated rings. The standard InChI is InChI=1S/C16H18N2O4/c1-9(5-10(2)19)18-15(16(21)22)6-11-8-17-14-4-3-12(20)7-13(11)14/h3-5,7-8,15,17-18,20H,6H2,1-2H3,(H,21,22)/b9-5+/t15-/m0/s1. The van der Waals surface area contributed by atoms with E-state index in [2.05, 4.69) is 10.3 Å². The SMILES string of the molecule is CC(=O)/C=C(\C)N[C@@H](Cc1c[nH]c2ccc(O)cc12)C(=O)O. The van der Waals surface area contributed by atoms with Crippen LogP contribution in [0, 0.1) is 0 Å². The molecule has 0 saturated carbocycles. The molecular weight excluding hydrogens is 284 g/mol. The molecule has 0 aliphatic heterocycles. The molecule has 6 nitrogen and oxygen atoms in total. The Kier molecular flexibility index (Phi) is 4.50. The number of carboxylic acid groups (broad SMARTS) is 1. The lowest BCUT2D eigenvalue weighted by molar-refractivity contribution is -0.139. The zero-order chi connectivity index (χ0) is 16.3. The summed E-state index contributed by atoms with van der Waals surface area (Å²) in [5.74, 6) is -1.03. The lowest BCUT2D eigenvalue weighted by Crippen LogP contribution is -2.37. The maximum Gasteiger partial charge on any atom is 0.326 e. The van der Waals surface area contributed by atoms with Crippen molar-refractivity contribution in [1.29, 1.82) is 0 Å². The summed E-state index contributed by atoms with van der Waals surface area (Å²) >= 11 is 0. The molecule has 0 saturated heterocycles. The number of phenolic OH excluding ortho intramolecular Hbond substituents is 1. The molecule has 0 spiro atoms. The van der Waals surface area contributed by atoms with Gasteiger partial charge in [0.1, 0.15) is 11.8 Å². The predicted molar refractivity (Wildman–Crippen MR) is 82.7 cm³/mol. The number of fused-ring (bicyclic) bond motifs is 1. The molecule has 116 valence electrons. The molecular formula is C16H18N2O4. The minimum Gasteiger partial charge on any atom is -0.508 e. The Bertz CT molecular complexity index is 746. The second kappa shape index (κ2) is 6.34. The van der Waals surface area contributed by atoms with E-state index in [-0.39, 0.29) is 18.0 Å². The van der Waals surface area contributed by atoms with Gasteiger partial charge in [-0.25, -0.2) is 4.79 Å². The molecule has 0 aliphatic rings. The van der Waals surface area contributed by atoms with Crippen molar-refractivity contribution in [3.63, 3.8) is 0 Å². The number of allylic oxidation sites excluding steroid dienone is 2. The number of H-pyrrole nitrogens is 1. The molecule has 2 aromatic rings. The highest BCUT2D eigenvalue weighted by molar-refractivity contribution is 5.88. The summed E-state index contributed by atoms with van der Waals surface area (Å²) in [6.45, 7) is 3.06. The predicted octanol–water partition coefficient (Wildman–Crippen LogP) is 1.95. The Morgan fingerprint density at radius 3 is 2.73 bits per heavy atom. The Labute approximate surface area is 127 Å². The average molecular weight is 302 g/mol. The Morgan fingerprint density at radius 2 is 2.09 bits per heavy atom. The summed E-state index contributed by atoms with van der Waals surface area (Å²) < 4.78 is 0. The van der Waals surface area contributed by atoms with Crippen molar-refractivity contribution in [2.45, 2.75) is 26.3 Å². The van der Waals surface area contributed by atoms with Crippen molar-refractivity contribution in [2.75, 3.05) is 0 Å². The number of hydrogen-bond acceptors (Lipinski definition) is 4. The highest BCUT2D eigenvalue weighted by atomic mass is 16.4. The Balaban J connectivity index is 2.25. The number of hydrogen-bond donors (Lipinski definition) is 4. The van der Waals surface area contributed by atoms with Crippen molar-refractivity contribution >= 4 is 22.7 Å². The van der Waals surface area contributed by atoms with Crippen LogP contribution < -0.4 is 5.32 Å². The molecule has 22 heavy (non-hydrogen) atoms. The summed E-state index contributed by atoms with van der Waals surface area (Å²) in [5.41, 5.74) is 2.11. The Hall–Kier alpha value is -2.76. The van der Waals surface area contributed by atoms with E-state index in [4.69, 9.17) is 0 Å². The number of phenols is 1. The summed E-state index contributed by atoms with van der Waals surface area (Å²) in [4.78, 5) is 25.5. The van der Waals surface area contributed by atoms with Crippen LogP contribution in [-0.2, 0) is 16.0 Å². The molecule has 0 aliphatic carbocycles. The zero-order valence-electron chi connectivity index (χ0n) is 12.4. The quantitative estimate of drug-likeness (QED) is 0.611. The number of rotatable bonds is 6. The van der Waals surface area contributed by atoms with Gasteiger partial charge in [-0.05, 0) is 43.7 Å². The smallest absolute Gasteiger partial charge is 0.326 e. The number of aromatic nitrogens is 1. The molecule has 0 amide bonds. The highest BCUT2D eigenvalue weighted by Gasteiger charge is 2.19. The van der Waals surface area contributed by atoms with Gasteiger partial charge in [-0.3, -0.25) is 4.79 Å². The number of carboxylic acids is 1. The van der Waals surface area contributed by atoms with Gasteiger partial charge in [0.15, 0.2) is 5.78 Å². The number of carbonyl (C=O) groups is 2. The number of benzene rings is 1. The number of aliphatic carboxylic acids is 1. The first kappa shape index (κ1) is 15.6. The van der Waals surface area contributed by atoms with Crippen molar-refractivity contribution in [3.05, 3.63) is 41.7 Å². The summed E-state index contributed by atoms with van der Waals surface area (Å²) in [6, 6.07) is 4.03. The molecule has 4 N–H and O–H groups in total. The lowest BCUT2D eigenvalue weighted by atomic mass is 10.0. The summed E-state index contributed by atoms with van der Waals surface area (Å²) in [6.07, 6.45) is 3.31. The largest absolute Gasteiger partial charge is 0.508 e. The number of carbonyl (C=O) groups excluding carboxylic acids is 1. The topological polar surface area (TPSA) is 102 Å². The molecule has 0 unspecified atom stereocenters. The van der Waals surface area contributed by atoms with Crippen molar-refractivity contribution in [3.8, 4) is 5.75 Å². The van der Waals surface area contributed by atoms with E-state index in [0.717, 1.165) is 16.5 Å². The van der Waals surface area contributed by atoms with E-state index in [1.54, 1.807) is 31.3 Å². The van der Waals surface area contributed by atoms with Crippen LogP contribution in [0.15, 0.2) is 36.2 Å². The molecule has 0 radical (unpaired) electrons. The fourth-order valence-electron chi connectivity index (χ4n) is 2.38. The molecule has 0 bridgehead atoms. The van der Waals surface area contributed by atoms with Crippen LogP contribution >= 0.6 is 0 Å². The van der Waals surface area contributed by atoms with E-state index >= 15 is 0 Å². The van der Waals surface area contributed by atoms with Crippen LogP contribution in [0.3, 0.4) is 0 Å². The normalized spacial score (nSPS) is 13.1. The molecule has 1 heterocycles. The minimum absolute atomic E-state index is 0.126. The van der Waals surface area contributed by atoms with E-state index in [1.807, 2.05) is 0 Å². The molecule has 1 atom stereocenters. The first-order valence-corrected chi connectivity index (χ1v) is 6.84. The van der Waals surface area contributed by atoms with E-state index < -0.39 is 12.0 Å². The number of ketones is 1. The van der Waals surface area contributed by atoms with Crippen LogP contribution in [0.4, 0.5) is 0 Å². The first-order valence-electron chi connectivity index (χ1n) is 6.84. The molecule has 2 rings (SSSR count). The van der Waals surface area contributed by atoms with Gasteiger partial charge in [0.2, 0.25) is 0 Å². The molecule has 6 heteroatoms. The second-order valence-electron chi connectivity index (χ2n) is 5.22. The fraction of sp³-hybridized carbons (Fsp3) is 0.250.